The van der Waals surface area contributed by atoms with E-state index in [1.807, 2.05) is 31.2 Å². The molecule has 1 aromatic rings. The summed E-state index contributed by atoms with van der Waals surface area (Å²) in [7, 11) is 0. The Balaban J connectivity index is 2.82. The summed E-state index contributed by atoms with van der Waals surface area (Å²) in [4.78, 5) is 0. The number of rotatable bonds is 5. The molecule has 1 rings (SSSR count). The first kappa shape index (κ1) is 11.4. The average molecular weight is 211 g/mol. The van der Waals surface area contributed by atoms with E-state index in [4.69, 9.17) is 10.5 Å². The predicted octanol–water partition coefficient (Wildman–Crippen LogP) is 2.45. The minimum absolute atomic E-state index is 0.0627. The van der Waals surface area contributed by atoms with Crippen LogP contribution in [0.3, 0.4) is 0 Å². The van der Waals surface area contributed by atoms with E-state index < -0.39 is 0 Å². The summed E-state index contributed by atoms with van der Waals surface area (Å²) in [6, 6.07) is 8.04. The lowest BCUT2D eigenvalue weighted by Gasteiger charge is -2.15. The minimum Gasteiger partial charge on any atom is -0.494 e. The number of thioether (sulfide) groups is 1. The zero-order valence-corrected chi connectivity index (χ0v) is 9.51. The number of ether oxygens (including phenoxy) is 1. The van der Waals surface area contributed by atoms with Gasteiger partial charge in [0, 0.05) is 17.4 Å². The molecule has 0 radical (unpaired) electrons. The second-order valence-corrected chi connectivity index (χ2v) is 3.94. The molecule has 2 nitrogen and oxygen atoms in total. The zero-order chi connectivity index (χ0) is 10.4. The van der Waals surface area contributed by atoms with Gasteiger partial charge in [0.05, 0.1) is 6.61 Å². The van der Waals surface area contributed by atoms with Crippen LogP contribution in [0.5, 0.6) is 5.75 Å². The molecule has 0 bridgehead atoms. The molecular weight excluding hydrogens is 194 g/mol. The average Bonchev–Trinajstić information content (AvgIpc) is 2.19. The van der Waals surface area contributed by atoms with Gasteiger partial charge in [-0.15, -0.1) is 0 Å². The lowest BCUT2D eigenvalue weighted by molar-refractivity contribution is 0.335. The Kier molecular flexibility index (Phi) is 4.84. The molecule has 3 heteroatoms. The lowest BCUT2D eigenvalue weighted by atomic mass is 10.1. The van der Waals surface area contributed by atoms with Crippen LogP contribution in [0.15, 0.2) is 24.3 Å². The van der Waals surface area contributed by atoms with Crippen molar-refractivity contribution >= 4 is 11.8 Å². The molecular formula is C11H17NOS. The van der Waals surface area contributed by atoms with E-state index in [0.29, 0.717) is 6.61 Å². The van der Waals surface area contributed by atoms with Gasteiger partial charge in [-0.1, -0.05) is 18.2 Å². The van der Waals surface area contributed by atoms with Gasteiger partial charge in [0.15, 0.2) is 0 Å². The first-order chi connectivity index (χ1) is 6.79. The van der Waals surface area contributed by atoms with Gasteiger partial charge < -0.3 is 10.5 Å². The first-order valence-corrected chi connectivity index (χ1v) is 6.15. The monoisotopic (exact) mass is 211 g/mol. The summed E-state index contributed by atoms with van der Waals surface area (Å²) >= 11 is 1.75. The summed E-state index contributed by atoms with van der Waals surface area (Å²) in [6.45, 7) is 2.67. The van der Waals surface area contributed by atoms with Crippen molar-refractivity contribution in [1.29, 1.82) is 0 Å². The van der Waals surface area contributed by atoms with E-state index in [1.54, 1.807) is 11.8 Å². The standard InChI is InChI=1S/C11H17NOS/c1-3-13-11-7-5-4-6-9(11)10(12)8-14-2/h4-7,10H,3,8,12H2,1-2H3. The molecule has 0 spiro atoms. The van der Waals surface area contributed by atoms with E-state index in [-0.39, 0.29) is 6.04 Å². The molecule has 14 heavy (non-hydrogen) atoms. The van der Waals surface area contributed by atoms with Gasteiger partial charge in [-0.2, -0.15) is 11.8 Å². The van der Waals surface area contributed by atoms with Crippen molar-refractivity contribution in [2.75, 3.05) is 18.6 Å². The first-order valence-electron chi connectivity index (χ1n) is 4.75. The third kappa shape index (κ3) is 2.93. The summed E-state index contributed by atoms with van der Waals surface area (Å²) in [5.41, 5.74) is 7.14. The maximum absolute atomic E-state index is 6.04. The van der Waals surface area contributed by atoms with Crippen molar-refractivity contribution in [2.45, 2.75) is 13.0 Å². The second kappa shape index (κ2) is 5.94. The number of hydrogen-bond acceptors (Lipinski definition) is 3. The highest BCUT2D eigenvalue weighted by Gasteiger charge is 2.10. The molecule has 0 aliphatic heterocycles. The van der Waals surface area contributed by atoms with E-state index in [1.165, 1.54) is 0 Å². The highest BCUT2D eigenvalue weighted by Crippen LogP contribution is 2.25. The molecule has 0 saturated carbocycles. The summed E-state index contributed by atoms with van der Waals surface area (Å²) in [6.07, 6.45) is 2.06. The van der Waals surface area contributed by atoms with Crippen LogP contribution >= 0.6 is 11.8 Å². The highest BCUT2D eigenvalue weighted by molar-refractivity contribution is 7.98. The van der Waals surface area contributed by atoms with E-state index in [2.05, 4.69) is 6.26 Å². The van der Waals surface area contributed by atoms with Crippen LogP contribution < -0.4 is 10.5 Å². The van der Waals surface area contributed by atoms with Crippen molar-refractivity contribution in [3.8, 4) is 5.75 Å². The Morgan fingerprint density at radius 2 is 2.14 bits per heavy atom. The third-order valence-electron chi connectivity index (χ3n) is 1.96. The fourth-order valence-electron chi connectivity index (χ4n) is 1.34. The molecule has 0 heterocycles. The molecule has 0 saturated heterocycles. The number of benzene rings is 1. The molecule has 1 atom stereocenters. The number of nitrogens with two attached hydrogens (primary N) is 1. The second-order valence-electron chi connectivity index (χ2n) is 3.03. The normalized spacial score (nSPS) is 12.5. The lowest BCUT2D eigenvalue weighted by Crippen LogP contribution is -2.14. The molecule has 1 aromatic carbocycles. The number of para-hydroxylation sites is 1. The minimum atomic E-state index is 0.0627. The fourth-order valence-corrected chi connectivity index (χ4v) is 1.88. The van der Waals surface area contributed by atoms with E-state index in [0.717, 1.165) is 17.1 Å². The van der Waals surface area contributed by atoms with Crippen molar-refractivity contribution in [3.63, 3.8) is 0 Å². The molecule has 1 unspecified atom stereocenters. The predicted molar refractivity (Wildman–Crippen MR) is 62.9 cm³/mol. The Bertz CT molecular complexity index is 278. The zero-order valence-electron chi connectivity index (χ0n) is 8.69. The fraction of sp³-hybridized carbons (Fsp3) is 0.455. The van der Waals surface area contributed by atoms with Gasteiger partial charge in [0.25, 0.3) is 0 Å². The molecule has 2 N–H and O–H groups in total. The van der Waals surface area contributed by atoms with Gasteiger partial charge in [-0.05, 0) is 19.2 Å². The number of hydrogen-bond donors (Lipinski definition) is 1. The Morgan fingerprint density at radius 3 is 2.79 bits per heavy atom. The van der Waals surface area contributed by atoms with Gasteiger partial charge in [0.1, 0.15) is 5.75 Å². The molecule has 0 fully saturated rings. The van der Waals surface area contributed by atoms with Crippen molar-refractivity contribution in [3.05, 3.63) is 29.8 Å². The quantitative estimate of drug-likeness (QED) is 0.812. The van der Waals surface area contributed by atoms with Crippen molar-refractivity contribution in [1.82, 2.24) is 0 Å². The van der Waals surface area contributed by atoms with Crippen LogP contribution in [0.25, 0.3) is 0 Å². The molecule has 0 aliphatic rings. The Morgan fingerprint density at radius 1 is 1.43 bits per heavy atom. The Labute approximate surface area is 89.8 Å². The topological polar surface area (TPSA) is 35.2 Å². The van der Waals surface area contributed by atoms with Crippen LogP contribution in [0.2, 0.25) is 0 Å². The van der Waals surface area contributed by atoms with Crippen LogP contribution in [0.1, 0.15) is 18.5 Å². The smallest absolute Gasteiger partial charge is 0.124 e. The van der Waals surface area contributed by atoms with Crippen LogP contribution in [0, 0.1) is 0 Å². The summed E-state index contributed by atoms with van der Waals surface area (Å²) in [5.74, 6) is 1.83. The van der Waals surface area contributed by atoms with Crippen molar-refractivity contribution in [2.24, 2.45) is 5.73 Å². The molecule has 78 valence electrons. The van der Waals surface area contributed by atoms with Crippen LogP contribution in [-0.2, 0) is 0 Å². The molecule has 0 amide bonds. The third-order valence-corrected chi connectivity index (χ3v) is 2.66. The summed E-state index contributed by atoms with van der Waals surface area (Å²) in [5, 5.41) is 0. The van der Waals surface area contributed by atoms with Crippen LogP contribution in [0.4, 0.5) is 0 Å². The van der Waals surface area contributed by atoms with Gasteiger partial charge in [-0.25, -0.2) is 0 Å². The van der Waals surface area contributed by atoms with E-state index in [9.17, 15) is 0 Å². The highest BCUT2D eigenvalue weighted by atomic mass is 32.2. The van der Waals surface area contributed by atoms with Crippen molar-refractivity contribution < 1.29 is 4.74 Å². The van der Waals surface area contributed by atoms with Gasteiger partial charge in [-0.3, -0.25) is 0 Å². The molecule has 0 aromatic heterocycles. The maximum Gasteiger partial charge on any atom is 0.124 e. The Hall–Kier alpha value is -0.670. The van der Waals surface area contributed by atoms with Gasteiger partial charge in [0.2, 0.25) is 0 Å². The van der Waals surface area contributed by atoms with E-state index >= 15 is 0 Å². The summed E-state index contributed by atoms with van der Waals surface area (Å²) < 4.78 is 5.52. The SMILES string of the molecule is CCOc1ccccc1C(N)CSC. The molecule has 0 aliphatic carbocycles. The van der Waals surface area contributed by atoms with Gasteiger partial charge >= 0.3 is 0 Å². The largest absolute Gasteiger partial charge is 0.494 e. The van der Waals surface area contributed by atoms with Crippen LogP contribution in [-0.4, -0.2) is 18.6 Å². The maximum atomic E-state index is 6.04.